The Morgan fingerprint density at radius 2 is 1.69 bits per heavy atom. The average molecular weight is 180 g/mol. The molecule has 0 bridgehead atoms. The average Bonchev–Trinajstić information content (AvgIpc) is 1.99. The standard InChI is InChI=1S/C12H25B/c1-10-5-3-7-12(8-4-6-10)9-11(2)13/h10-12H,3-9,13H2,1-2H3. The normalized spacial score (nSPS) is 33.4. The van der Waals surface area contributed by atoms with Crippen LogP contribution in [0.25, 0.3) is 0 Å². The molecule has 0 heterocycles. The summed E-state index contributed by atoms with van der Waals surface area (Å²) in [4.78, 5) is 0. The van der Waals surface area contributed by atoms with E-state index in [1.807, 2.05) is 0 Å². The van der Waals surface area contributed by atoms with Crippen LogP contribution in [0.5, 0.6) is 0 Å². The lowest BCUT2D eigenvalue weighted by molar-refractivity contribution is 0.316. The summed E-state index contributed by atoms with van der Waals surface area (Å²) in [5.41, 5.74) is 0. The van der Waals surface area contributed by atoms with E-state index < -0.39 is 0 Å². The first-order valence-corrected chi connectivity index (χ1v) is 6.18. The summed E-state index contributed by atoms with van der Waals surface area (Å²) in [5, 5.41) is 0. The fraction of sp³-hybridized carbons (Fsp3) is 1.00. The molecular weight excluding hydrogens is 155 g/mol. The fourth-order valence-corrected chi connectivity index (χ4v) is 2.70. The summed E-state index contributed by atoms with van der Waals surface area (Å²) >= 11 is 0. The van der Waals surface area contributed by atoms with Gasteiger partial charge in [0.1, 0.15) is 7.85 Å². The third-order valence-electron chi connectivity index (χ3n) is 3.42. The van der Waals surface area contributed by atoms with Gasteiger partial charge in [0.2, 0.25) is 0 Å². The zero-order valence-corrected chi connectivity index (χ0v) is 9.68. The maximum absolute atomic E-state index is 2.42. The van der Waals surface area contributed by atoms with Gasteiger partial charge in [0.05, 0.1) is 0 Å². The third kappa shape index (κ3) is 4.74. The zero-order valence-electron chi connectivity index (χ0n) is 9.68. The minimum Gasteiger partial charge on any atom is -0.0722 e. The molecule has 0 radical (unpaired) electrons. The fourth-order valence-electron chi connectivity index (χ4n) is 2.70. The lowest BCUT2D eigenvalue weighted by Crippen LogP contribution is -2.09. The Morgan fingerprint density at radius 1 is 1.15 bits per heavy atom. The van der Waals surface area contributed by atoms with Crippen LogP contribution in [0.3, 0.4) is 0 Å². The first-order valence-electron chi connectivity index (χ1n) is 6.18. The van der Waals surface area contributed by atoms with Crippen LogP contribution in [0, 0.1) is 11.8 Å². The lowest BCUT2D eigenvalue weighted by atomic mass is 9.76. The van der Waals surface area contributed by atoms with Crippen LogP contribution in [-0.4, -0.2) is 7.85 Å². The highest BCUT2D eigenvalue weighted by Crippen LogP contribution is 2.30. The summed E-state index contributed by atoms with van der Waals surface area (Å²) in [5.74, 6) is 2.95. The van der Waals surface area contributed by atoms with Crippen LogP contribution in [0.15, 0.2) is 0 Å². The zero-order chi connectivity index (χ0) is 9.68. The summed E-state index contributed by atoms with van der Waals surface area (Å²) in [6.07, 6.45) is 10.4. The molecular formula is C12H25B. The smallest absolute Gasteiger partial charge is 0.0722 e. The van der Waals surface area contributed by atoms with Gasteiger partial charge in [0.25, 0.3) is 0 Å². The van der Waals surface area contributed by atoms with Crippen LogP contribution in [0.2, 0.25) is 5.82 Å². The van der Waals surface area contributed by atoms with E-state index in [0.29, 0.717) is 0 Å². The van der Waals surface area contributed by atoms with Crippen LogP contribution in [0.4, 0.5) is 0 Å². The van der Waals surface area contributed by atoms with Gasteiger partial charge in [0, 0.05) is 0 Å². The summed E-state index contributed by atoms with van der Waals surface area (Å²) in [6, 6.07) is 0. The van der Waals surface area contributed by atoms with Gasteiger partial charge in [-0.25, -0.2) is 0 Å². The highest BCUT2D eigenvalue weighted by Gasteiger charge is 2.15. The molecule has 1 rings (SSSR count). The van der Waals surface area contributed by atoms with Crippen molar-refractivity contribution in [1.82, 2.24) is 0 Å². The second kappa shape index (κ2) is 5.72. The maximum atomic E-state index is 2.42. The van der Waals surface area contributed by atoms with Gasteiger partial charge in [-0.15, -0.1) is 0 Å². The highest BCUT2D eigenvalue weighted by molar-refractivity contribution is 6.11. The van der Waals surface area contributed by atoms with Crippen molar-refractivity contribution < 1.29 is 0 Å². The molecule has 1 aliphatic carbocycles. The molecule has 0 spiro atoms. The van der Waals surface area contributed by atoms with Crippen LogP contribution in [-0.2, 0) is 0 Å². The molecule has 1 saturated carbocycles. The second-order valence-electron chi connectivity index (χ2n) is 5.46. The molecule has 0 aromatic carbocycles. The Labute approximate surface area is 84.9 Å². The Bertz CT molecular complexity index is 121. The Morgan fingerprint density at radius 3 is 2.15 bits per heavy atom. The highest BCUT2D eigenvalue weighted by atomic mass is 14.2. The van der Waals surface area contributed by atoms with Crippen molar-refractivity contribution in [3.8, 4) is 0 Å². The van der Waals surface area contributed by atoms with Gasteiger partial charge in [-0.2, -0.15) is 0 Å². The van der Waals surface area contributed by atoms with E-state index >= 15 is 0 Å². The second-order valence-corrected chi connectivity index (χ2v) is 5.46. The van der Waals surface area contributed by atoms with Crippen LogP contribution in [0.1, 0.15) is 58.8 Å². The molecule has 0 aromatic heterocycles. The molecule has 0 aliphatic heterocycles. The van der Waals surface area contributed by atoms with Gasteiger partial charge in [0.15, 0.2) is 0 Å². The van der Waals surface area contributed by atoms with Gasteiger partial charge in [-0.05, 0) is 11.8 Å². The molecule has 0 N–H and O–H groups in total. The van der Waals surface area contributed by atoms with Gasteiger partial charge < -0.3 is 0 Å². The van der Waals surface area contributed by atoms with E-state index in [-0.39, 0.29) is 0 Å². The predicted molar refractivity (Wildman–Crippen MR) is 62.9 cm³/mol. The molecule has 0 saturated heterocycles. The minimum absolute atomic E-state index is 0.904. The molecule has 13 heavy (non-hydrogen) atoms. The predicted octanol–water partition coefficient (Wildman–Crippen LogP) is 3.42. The molecule has 1 fully saturated rings. The van der Waals surface area contributed by atoms with Gasteiger partial charge in [-0.1, -0.05) is 64.6 Å². The monoisotopic (exact) mass is 180 g/mol. The van der Waals surface area contributed by atoms with E-state index in [1.165, 1.54) is 44.9 Å². The Balaban J connectivity index is 2.24. The van der Waals surface area contributed by atoms with E-state index in [2.05, 4.69) is 21.7 Å². The van der Waals surface area contributed by atoms with E-state index in [1.54, 1.807) is 0 Å². The minimum atomic E-state index is 0.904. The van der Waals surface area contributed by atoms with Crippen molar-refractivity contribution in [3.63, 3.8) is 0 Å². The van der Waals surface area contributed by atoms with E-state index in [9.17, 15) is 0 Å². The molecule has 0 nitrogen and oxygen atoms in total. The molecule has 1 aliphatic rings. The summed E-state index contributed by atoms with van der Waals surface area (Å²) in [6.45, 7) is 4.78. The first-order chi connectivity index (χ1) is 6.18. The van der Waals surface area contributed by atoms with E-state index in [0.717, 1.165) is 17.7 Å². The molecule has 0 amide bonds. The maximum Gasteiger partial charge on any atom is 0.105 e. The largest absolute Gasteiger partial charge is 0.105 e. The number of hydrogen-bond acceptors (Lipinski definition) is 0. The van der Waals surface area contributed by atoms with Crippen molar-refractivity contribution in [2.24, 2.45) is 11.8 Å². The topological polar surface area (TPSA) is 0 Å². The van der Waals surface area contributed by atoms with E-state index in [4.69, 9.17) is 0 Å². The van der Waals surface area contributed by atoms with Gasteiger partial charge >= 0.3 is 0 Å². The summed E-state index contributed by atoms with van der Waals surface area (Å²) < 4.78 is 0. The summed E-state index contributed by atoms with van der Waals surface area (Å²) in [7, 11) is 2.36. The molecule has 1 unspecified atom stereocenters. The molecule has 1 heteroatoms. The quantitative estimate of drug-likeness (QED) is 0.571. The number of rotatable bonds is 2. The van der Waals surface area contributed by atoms with Crippen molar-refractivity contribution >= 4 is 7.85 Å². The number of hydrogen-bond donors (Lipinski definition) is 0. The van der Waals surface area contributed by atoms with Crippen molar-refractivity contribution in [2.75, 3.05) is 0 Å². The van der Waals surface area contributed by atoms with Crippen LogP contribution < -0.4 is 0 Å². The SMILES string of the molecule is BC(C)CC1CCCC(C)CCC1. The lowest BCUT2D eigenvalue weighted by Gasteiger charge is -2.23. The molecule has 76 valence electrons. The van der Waals surface area contributed by atoms with Crippen molar-refractivity contribution in [3.05, 3.63) is 0 Å². The van der Waals surface area contributed by atoms with Gasteiger partial charge in [-0.3, -0.25) is 0 Å². The Hall–Kier alpha value is 0.0649. The van der Waals surface area contributed by atoms with Crippen LogP contribution >= 0.6 is 0 Å². The van der Waals surface area contributed by atoms with Crippen molar-refractivity contribution in [2.45, 2.75) is 64.6 Å². The first kappa shape index (κ1) is 11.1. The van der Waals surface area contributed by atoms with Crippen molar-refractivity contribution in [1.29, 1.82) is 0 Å². The third-order valence-corrected chi connectivity index (χ3v) is 3.42. The Kier molecular flexibility index (Phi) is 4.91. The molecule has 0 aromatic rings. The molecule has 1 atom stereocenters.